The van der Waals surface area contributed by atoms with E-state index in [-0.39, 0.29) is 12.1 Å². The molecule has 1 heterocycles. The average Bonchev–Trinajstić information content (AvgIpc) is 3.14. The van der Waals surface area contributed by atoms with Crippen molar-refractivity contribution in [2.45, 2.75) is 31.8 Å². The molecule has 21 heavy (non-hydrogen) atoms. The van der Waals surface area contributed by atoms with Gasteiger partial charge < -0.3 is 10.6 Å². The molecule has 2 amide bonds. The molecule has 1 aromatic heterocycles. The van der Waals surface area contributed by atoms with Crippen molar-refractivity contribution in [3.8, 4) is 0 Å². The summed E-state index contributed by atoms with van der Waals surface area (Å²) in [5, 5.41) is 9.95. The normalized spacial score (nSPS) is 16.5. The Hall–Kier alpha value is -2.37. The Morgan fingerprint density at radius 1 is 1.38 bits per heavy atom. The number of nitrogens with one attached hydrogen (secondary N) is 2. The first kappa shape index (κ1) is 13.6. The number of rotatable bonds is 5. The molecule has 1 atom stereocenters. The van der Waals surface area contributed by atoms with Crippen LogP contribution in [0.3, 0.4) is 0 Å². The molecule has 1 aliphatic carbocycles. The smallest absolute Gasteiger partial charge is 0.315 e. The number of nitrogens with zero attached hydrogens (tertiary/aromatic N) is 3. The summed E-state index contributed by atoms with van der Waals surface area (Å²) in [4.78, 5) is 15.8. The van der Waals surface area contributed by atoms with Gasteiger partial charge in [-0.2, -0.15) is 5.10 Å². The lowest BCUT2D eigenvalue weighted by molar-refractivity contribution is 0.236. The Bertz CT molecular complexity index is 596. The summed E-state index contributed by atoms with van der Waals surface area (Å²) < 4.78 is 1.76. The summed E-state index contributed by atoms with van der Waals surface area (Å²) in [7, 11) is 0. The number of benzene rings is 1. The van der Waals surface area contributed by atoms with Crippen LogP contribution in [0.15, 0.2) is 36.9 Å². The van der Waals surface area contributed by atoms with E-state index in [1.807, 2.05) is 12.1 Å². The van der Waals surface area contributed by atoms with Crippen LogP contribution in [0.25, 0.3) is 0 Å². The minimum atomic E-state index is -0.102. The number of aryl methyl sites for hydroxylation is 2. The predicted octanol–water partition coefficient (Wildman–Crippen LogP) is 1.65. The van der Waals surface area contributed by atoms with Crippen molar-refractivity contribution in [2.75, 3.05) is 6.54 Å². The highest BCUT2D eigenvalue weighted by Gasteiger charge is 2.22. The highest BCUT2D eigenvalue weighted by molar-refractivity contribution is 5.74. The third-order valence-electron chi connectivity index (χ3n) is 3.75. The van der Waals surface area contributed by atoms with Crippen LogP contribution in [0.5, 0.6) is 0 Å². The molecule has 2 N–H and O–H groups in total. The fourth-order valence-corrected chi connectivity index (χ4v) is 2.71. The maximum Gasteiger partial charge on any atom is 0.315 e. The minimum Gasteiger partial charge on any atom is -0.338 e. The van der Waals surface area contributed by atoms with E-state index in [9.17, 15) is 4.79 Å². The van der Waals surface area contributed by atoms with Crippen LogP contribution >= 0.6 is 0 Å². The Morgan fingerprint density at radius 2 is 2.29 bits per heavy atom. The molecule has 1 aliphatic rings. The topological polar surface area (TPSA) is 71.8 Å². The lowest BCUT2D eigenvalue weighted by Gasteiger charge is -2.14. The molecular weight excluding hydrogens is 266 g/mol. The van der Waals surface area contributed by atoms with Crippen LogP contribution in [0.4, 0.5) is 4.79 Å². The molecule has 0 aliphatic heterocycles. The SMILES string of the molecule is O=C(NCCCn1cncn1)N[C@H]1CCc2ccccc21. The molecule has 1 aromatic carbocycles. The molecule has 110 valence electrons. The molecule has 0 saturated carbocycles. The number of hydrogen-bond donors (Lipinski definition) is 2. The second kappa shape index (κ2) is 6.39. The van der Waals surface area contributed by atoms with Gasteiger partial charge in [-0.15, -0.1) is 0 Å². The maximum absolute atomic E-state index is 11.9. The molecular formula is C15H19N5O. The lowest BCUT2D eigenvalue weighted by atomic mass is 10.1. The van der Waals surface area contributed by atoms with Gasteiger partial charge in [0.25, 0.3) is 0 Å². The Morgan fingerprint density at radius 3 is 3.14 bits per heavy atom. The van der Waals surface area contributed by atoms with Crippen LogP contribution in [-0.4, -0.2) is 27.3 Å². The number of carbonyl (C=O) groups is 1. The van der Waals surface area contributed by atoms with E-state index >= 15 is 0 Å². The van der Waals surface area contributed by atoms with E-state index in [0.29, 0.717) is 6.54 Å². The molecule has 0 bridgehead atoms. The Labute approximate surface area is 123 Å². The van der Waals surface area contributed by atoms with Crippen molar-refractivity contribution >= 4 is 6.03 Å². The first-order valence-corrected chi connectivity index (χ1v) is 7.27. The zero-order valence-electron chi connectivity index (χ0n) is 11.8. The summed E-state index contributed by atoms with van der Waals surface area (Å²) in [6.07, 6.45) is 6.03. The molecule has 6 nitrogen and oxygen atoms in total. The second-order valence-electron chi connectivity index (χ2n) is 5.20. The van der Waals surface area contributed by atoms with Crippen molar-refractivity contribution < 1.29 is 4.79 Å². The van der Waals surface area contributed by atoms with E-state index in [1.165, 1.54) is 17.5 Å². The highest BCUT2D eigenvalue weighted by Crippen LogP contribution is 2.30. The Balaban J connectivity index is 1.41. The lowest BCUT2D eigenvalue weighted by Crippen LogP contribution is -2.38. The standard InChI is InChI=1S/C15H19N5O/c21-15(17-8-3-9-20-11-16-10-18-20)19-14-7-6-12-4-1-2-5-13(12)14/h1-2,4-5,10-11,14H,3,6-9H2,(H2,17,19,21)/t14-/m0/s1. The van der Waals surface area contributed by atoms with Gasteiger partial charge in [-0.3, -0.25) is 4.68 Å². The van der Waals surface area contributed by atoms with E-state index < -0.39 is 0 Å². The fraction of sp³-hybridized carbons (Fsp3) is 0.400. The van der Waals surface area contributed by atoms with Gasteiger partial charge >= 0.3 is 6.03 Å². The predicted molar refractivity (Wildman–Crippen MR) is 78.7 cm³/mol. The van der Waals surface area contributed by atoms with Crippen LogP contribution in [0.1, 0.15) is 30.0 Å². The van der Waals surface area contributed by atoms with Crippen LogP contribution in [0.2, 0.25) is 0 Å². The van der Waals surface area contributed by atoms with Gasteiger partial charge in [0.2, 0.25) is 0 Å². The zero-order chi connectivity index (χ0) is 14.5. The van der Waals surface area contributed by atoms with Crippen LogP contribution < -0.4 is 10.6 Å². The summed E-state index contributed by atoms with van der Waals surface area (Å²) in [6.45, 7) is 1.38. The molecule has 0 radical (unpaired) electrons. The van der Waals surface area contributed by atoms with Gasteiger partial charge in [0.05, 0.1) is 6.04 Å². The average molecular weight is 285 g/mol. The van der Waals surface area contributed by atoms with Crippen molar-refractivity contribution in [1.82, 2.24) is 25.4 Å². The molecule has 3 rings (SSSR count). The van der Waals surface area contributed by atoms with E-state index in [2.05, 4.69) is 32.8 Å². The van der Waals surface area contributed by atoms with Gasteiger partial charge in [-0.05, 0) is 30.4 Å². The highest BCUT2D eigenvalue weighted by atomic mass is 16.2. The van der Waals surface area contributed by atoms with Gasteiger partial charge in [0.1, 0.15) is 12.7 Å². The number of fused-ring (bicyclic) bond motifs is 1. The first-order chi connectivity index (χ1) is 10.3. The van der Waals surface area contributed by atoms with Crippen LogP contribution in [-0.2, 0) is 13.0 Å². The second-order valence-corrected chi connectivity index (χ2v) is 5.20. The molecule has 6 heteroatoms. The molecule has 0 unspecified atom stereocenters. The van der Waals surface area contributed by atoms with Gasteiger partial charge in [0, 0.05) is 13.1 Å². The monoisotopic (exact) mass is 285 g/mol. The maximum atomic E-state index is 11.9. The number of amides is 2. The van der Waals surface area contributed by atoms with Gasteiger partial charge in [-0.25, -0.2) is 9.78 Å². The van der Waals surface area contributed by atoms with Gasteiger partial charge in [-0.1, -0.05) is 24.3 Å². The summed E-state index contributed by atoms with van der Waals surface area (Å²) in [6, 6.07) is 8.33. The number of urea groups is 1. The molecule has 2 aromatic rings. The summed E-state index contributed by atoms with van der Waals surface area (Å²) in [5.41, 5.74) is 2.59. The van der Waals surface area contributed by atoms with E-state index in [4.69, 9.17) is 0 Å². The largest absolute Gasteiger partial charge is 0.338 e. The molecule has 0 spiro atoms. The van der Waals surface area contributed by atoms with Gasteiger partial charge in [0.15, 0.2) is 0 Å². The van der Waals surface area contributed by atoms with Crippen molar-refractivity contribution in [2.24, 2.45) is 0 Å². The van der Waals surface area contributed by atoms with E-state index in [0.717, 1.165) is 25.8 Å². The van der Waals surface area contributed by atoms with Crippen molar-refractivity contribution in [3.63, 3.8) is 0 Å². The number of hydrogen-bond acceptors (Lipinski definition) is 3. The zero-order valence-corrected chi connectivity index (χ0v) is 11.8. The van der Waals surface area contributed by atoms with Crippen molar-refractivity contribution in [1.29, 1.82) is 0 Å². The fourth-order valence-electron chi connectivity index (χ4n) is 2.71. The van der Waals surface area contributed by atoms with Crippen molar-refractivity contribution in [3.05, 3.63) is 48.0 Å². The number of aromatic nitrogens is 3. The quantitative estimate of drug-likeness (QED) is 0.821. The summed E-state index contributed by atoms with van der Waals surface area (Å²) >= 11 is 0. The minimum absolute atomic E-state index is 0.102. The first-order valence-electron chi connectivity index (χ1n) is 7.27. The van der Waals surface area contributed by atoms with Crippen LogP contribution in [0, 0.1) is 0 Å². The third-order valence-corrected chi connectivity index (χ3v) is 3.75. The molecule has 0 fully saturated rings. The Kier molecular flexibility index (Phi) is 4.14. The third kappa shape index (κ3) is 3.39. The summed E-state index contributed by atoms with van der Waals surface area (Å²) in [5.74, 6) is 0. The number of carbonyl (C=O) groups excluding carboxylic acids is 1. The molecule has 0 saturated heterocycles. The van der Waals surface area contributed by atoms with E-state index in [1.54, 1.807) is 11.0 Å².